The second-order valence-corrected chi connectivity index (χ2v) is 8.79. The van der Waals surface area contributed by atoms with E-state index in [2.05, 4.69) is 28.1 Å². The zero-order valence-corrected chi connectivity index (χ0v) is 16.9. The Hall–Kier alpha value is -2.58. The molecule has 1 unspecified atom stereocenters. The van der Waals surface area contributed by atoms with Crippen molar-refractivity contribution < 1.29 is 9.13 Å². The van der Waals surface area contributed by atoms with E-state index in [1.54, 1.807) is 12.1 Å². The maximum Gasteiger partial charge on any atom is 0.269 e. The highest BCUT2D eigenvalue weighted by molar-refractivity contribution is 7.94. The third kappa shape index (κ3) is 4.13. The molecule has 28 heavy (non-hydrogen) atoms. The first-order chi connectivity index (χ1) is 13.5. The first-order valence-electron chi connectivity index (χ1n) is 9.38. The normalized spacial score (nSPS) is 18.3. The van der Waals surface area contributed by atoms with Crippen LogP contribution in [0.4, 0.5) is 11.4 Å². The zero-order chi connectivity index (χ0) is 20.1. The summed E-state index contributed by atoms with van der Waals surface area (Å²) in [5, 5.41) is 10.9. The Labute approximate surface area is 165 Å². The van der Waals surface area contributed by atoms with Crippen molar-refractivity contribution in [2.75, 3.05) is 19.6 Å². The van der Waals surface area contributed by atoms with E-state index in [4.69, 9.17) is 0 Å². The lowest BCUT2D eigenvalue weighted by atomic mass is 10.3. The van der Waals surface area contributed by atoms with Gasteiger partial charge >= 0.3 is 0 Å². The van der Waals surface area contributed by atoms with E-state index in [1.165, 1.54) is 24.3 Å². The van der Waals surface area contributed by atoms with Gasteiger partial charge in [-0.2, -0.15) is 4.36 Å². The molecule has 0 saturated carbocycles. The lowest BCUT2D eigenvalue weighted by Crippen LogP contribution is -2.31. The lowest BCUT2D eigenvalue weighted by molar-refractivity contribution is -0.384. The van der Waals surface area contributed by atoms with Crippen molar-refractivity contribution in [1.29, 1.82) is 0 Å². The molecule has 2 aromatic carbocycles. The number of nitro groups is 1. The molecule has 3 rings (SSSR count). The van der Waals surface area contributed by atoms with Crippen LogP contribution in [0.15, 0.2) is 67.7 Å². The fourth-order valence-corrected chi connectivity index (χ4v) is 5.26. The van der Waals surface area contributed by atoms with E-state index in [9.17, 15) is 14.3 Å². The summed E-state index contributed by atoms with van der Waals surface area (Å²) < 4.78 is 18.6. The molecule has 2 aromatic rings. The maximum atomic E-state index is 14.0. The van der Waals surface area contributed by atoms with Gasteiger partial charge in [-0.3, -0.25) is 15.0 Å². The van der Waals surface area contributed by atoms with Crippen LogP contribution >= 0.6 is 0 Å². The van der Waals surface area contributed by atoms with Crippen LogP contribution in [0, 0.1) is 10.1 Å². The number of hydrogen-bond donors (Lipinski definition) is 0. The van der Waals surface area contributed by atoms with E-state index >= 15 is 0 Å². The maximum absolute atomic E-state index is 14.0. The van der Waals surface area contributed by atoms with Crippen LogP contribution in [0.2, 0.25) is 0 Å². The smallest absolute Gasteiger partial charge is 0.269 e. The van der Waals surface area contributed by atoms with Crippen LogP contribution in [0.25, 0.3) is 0 Å². The van der Waals surface area contributed by atoms with E-state index in [1.807, 2.05) is 12.1 Å². The Morgan fingerprint density at radius 2 is 1.68 bits per heavy atom. The second kappa shape index (κ2) is 8.62. The summed E-state index contributed by atoms with van der Waals surface area (Å²) in [6.07, 6.45) is 2.03. The number of non-ortho nitro benzene ring substituents is 1. The third-order valence-electron chi connectivity index (χ3n) is 4.46. The zero-order valence-electron chi connectivity index (χ0n) is 16.1. The van der Waals surface area contributed by atoms with Crippen molar-refractivity contribution >= 4 is 26.9 Å². The Balaban J connectivity index is 2.07. The van der Waals surface area contributed by atoms with Crippen LogP contribution in [-0.2, 0) is 9.73 Å². The van der Waals surface area contributed by atoms with Crippen molar-refractivity contribution in [3.8, 4) is 0 Å². The van der Waals surface area contributed by atoms with Gasteiger partial charge in [-0.15, -0.1) is 0 Å². The van der Waals surface area contributed by atoms with Crippen LogP contribution in [0.5, 0.6) is 0 Å². The first-order valence-corrected chi connectivity index (χ1v) is 10.9. The second-order valence-electron chi connectivity index (χ2n) is 6.64. The number of hydrogen-bond acceptors (Lipinski definition) is 6. The van der Waals surface area contributed by atoms with Crippen LogP contribution in [0.3, 0.4) is 0 Å². The van der Waals surface area contributed by atoms with Crippen LogP contribution in [-0.4, -0.2) is 39.5 Å². The fraction of sp³-hybridized carbons (Fsp3) is 0.350. The van der Waals surface area contributed by atoms with E-state index in [0.717, 1.165) is 25.9 Å². The molecule has 1 heterocycles. The van der Waals surface area contributed by atoms with Gasteiger partial charge in [0.15, 0.2) is 5.84 Å². The molecule has 0 aromatic heterocycles. The predicted octanol–water partition coefficient (Wildman–Crippen LogP) is 4.65. The van der Waals surface area contributed by atoms with Gasteiger partial charge in [0.2, 0.25) is 0 Å². The molecule has 8 heteroatoms. The topological polar surface area (TPSA) is 88.2 Å². The van der Waals surface area contributed by atoms with Gasteiger partial charge in [-0.25, -0.2) is 9.20 Å². The highest BCUT2D eigenvalue weighted by atomic mass is 32.2. The molecule has 1 aliphatic heterocycles. The summed E-state index contributed by atoms with van der Waals surface area (Å²) in [5.74, 6) is 0.531. The first kappa shape index (κ1) is 20.2. The molecule has 0 spiro atoms. The average molecular weight is 401 g/mol. The Bertz CT molecular complexity index is 1000. The Morgan fingerprint density at radius 1 is 1.04 bits per heavy atom. The van der Waals surface area contributed by atoms with Gasteiger partial charge in [-0.1, -0.05) is 26.0 Å². The minimum absolute atomic E-state index is 0.0400. The van der Waals surface area contributed by atoms with Crippen molar-refractivity contribution in [1.82, 2.24) is 4.90 Å². The summed E-state index contributed by atoms with van der Waals surface area (Å²) in [7, 11) is -2.95. The molecule has 0 amide bonds. The molecule has 0 fully saturated rings. The molecule has 0 N–H and O–H groups in total. The summed E-state index contributed by atoms with van der Waals surface area (Å²) in [6.45, 7) is 6.61. The molecule has 7 nitrogen and oxygen atoms in total. The van der Waals surface area contributed by atoms with Gasteiger partial charge in [0.05, 0.1) is 26.9 Å². The number of fused-ring (bicyclic) bond motifs is 1. The van der Waals surface area contributed by atoms with Crippen LogP contribution in [0.1, 0.15) is 26.7 Å². The van der Waals surface area contributed by atoms with Crippen molar-refractivity contribution in [3.63, 3.8) is 0 Å². The van der Waals surface area contributed by atoms with E-state index in [0.29, 0.717) is 27.9 Å². The summed E-state index contributed by atoms with van der Waals surface area (Å²) in [5.41, 5.74) is 0.602. The van der Waals surface area contributed by atoms with Crippen LogP contribution < -0.4 is 0 Å². The highest BCUT2D eigenvalue weighted by Gasteiger charge is 2.25. The van der Waals surface area contributed by atoms with Gasteiger partial charge < -0.3 is 0 Å². The molecule has 0 saturated heterocycles. The number of para-hydroxylation sites is 1. The molecular formula is C20H24N4O3S. The minimum Gasteiger partial charge on any atom is -0.296 e. The lowest BCUT2D eigenvalue weighted by Gasteiger charge is -2.23. The van der Waals surface area contributed by atoms with Crippen molar-refractivity contribution in [3.05, 3.63) is 58.6 Å². The monoisotopic (exact) mass is 400 g/mol. The SMILES string of the molecule is CCCN(CCC)CC1=Nc2ccccc2S(=O)(c2ccc([N+](=O)[O-])cc2)=N1. The molecule has 1 atom stereocenters. The standard InChI is InChI=1S/C20H24N4O3S/c1-3-13-23(14-4-2)15-20-21-18-7-5-6-8-19(18)28(27,22-20)17-11-9-16(10-12-17)24(25)26/h5-12H,3-4,13-15H2,1-2H3. The summed E-state index contributed by atoms with van der Waals surface area (Å²) >= 11 is 0. The van der Waals surface area contributed by atoms with Gasteiger partial charge in [-0.05, 0) is 50.2 Å². The average Bonchev–Trinajstić information content (AvgIpc) is 2.68. The molecule has 0 aliphatic carbocycles. The summed E-state index contributed by atoms with van der Waals surface area (Å²) in [6, 6.07) is 13.0. The van der Waals surface area contributed by atoms with Crippen molar-refractivity contribution in [2.45, 2.75) is 36.5 Å². The minimum atomic E-state index is -2.95. The largest absolute Gasteiger partial charge is 0.296 e. The quantitative estimate of drug-likeness (QED) is 0.477. The number of amidine groups is 1. The third-order valence-corrected chi connectivity index (χ3v) is 6.78. The molecule has 0 radical (unpaired) electrons. The summed E-state index contributed by atoms with van der Waals surface area (Å²) in [4.78, 5) is 18.4. The van der Waals surface area contributed by atoms with Gasteiger partial charge in [0, 0.05) is 12.1 Å². The Kier molecular flexibility index (Phi) is 6.21. The number of rotatable bonds is 8. The number of nitro benzene ring substituents is 1. The van der Waals surface area contributed by atoms with Gasteiger partial charge in [0.25, 0.3) is 5.69 Å². The van der Waals surface area contributed by atoms with E-state index in [-0.39, 0.29) is 5.69 Å². The van der Waals surface area contributed by atoms with Crippen molar-refractivity contribution in [2.24, 2.45) is 9.36 Å². The highest BCUT2D eigenvalue weighted by Crippen LogP contribution is 2.35. The van der Waals surface area contributed by atoms with Gasteiger partial charge in [0.1, 0.15) is 9.73 Å². The predicted molar refractivity (Wildman–Crippen MR) is 111 cm³/mol. The molecule has 1 aliphatic rings. The number of benzene rings is 2. The number of aliphatic imine (C=N–C) groups is 1. The Morgan fingerprint density at radius 3 is 2.29 bits per heavy atom. The molecule has 0 bridgehead atoms. The fourth-order valence-electron chi connectivity index (χ4n) is 3.24. The molecule has 148 valence electrons. The number of nitrogens with zero attached hydrogens (tertiary/aromatic N) is 4. The van der Waals surface area contributed by atoms with E-state index < -0.39 is 14.7 Å². The molecular weight excluding hydrogens is 376 g/mol.